The van der Waals surface area contributed by atoms with E-state index >= 15 is 17.6 Å². The molecule has 9 rings (SSSR count). The molecule has 3 aromatic heterocycles. The van der Waals surface area contributed by atoms with E-state index in [4.69, 9.17) is 0 Å². The van der Waals surface area contributed by atoms with Gasteiger partial charge >= 0.3 is 17.1 Å². The summed E-state index contributed by atoms with van der Waals surface area (Å²) >= 11 is 0. The van der Waals surface area contributed by atoms with Gasteiger partial charge in [-0.3, -0.25) is 0 Å². The Kier molecular flexibility index (Phi) is 6.60. The summed E-state index contributed by atoms with van der Waals surface area (Å²) in [5.74, 6) is -10.4. The third kappa shape index (κ3) is 4.57. The first-order valence-electron chi connectivity index (χ1n) is 13.7. The van der Waals surface area contributed by atoms with Gasteiger partial charge in [-0.25, -0.2) is 45.1 Å². The number of benzene rings is 4. The van der Waals surface area contributed by atoms with Crippen LogP contribution >= 0.6 is 0 Å². The summed E-state index contributed by atoms with van der Waals surface area (Å²) in [7, 11) is 0. The number of nitrogens with zero attached hydrogens (tertiary/aromatic N) is 8. The van der Waals surface area contributed by atoms with Crippen molar-refractivity contribution in [3.05, 3.63) is 95.1 Å². The Balaban J connectivity index is 0.00000348. The van der Waals surface area contributed by atoms with E-state index in [1.54, 1.807) is 0 Å². The molecule has 8 nitrogen and oxygen atoms in total. The van der Waals surface area contributed by atoms with Crippen molar-refractivity contribution in [3.63, 3.8) is 0 Å². The summed E-state index contributed by atoms with van der Waals surface area (Å²) in [4.78, 5) is 33.8. The average molecular weight is 720 g/mol. The molecular formula is C32H8CuF8N8. The Morgan fingerprint density at radius 1 is 0.367 bits per heavy atom. The number of halogens is 8. The first-order chi connectivity index (χ1) is 23.0. The van der Waals surface area contributed by atoms with Crippen molar-refractivity contribution >= 4 is 44.1 Å². The quantitative estimate of drug-likeness (QED) is 0.119. The van der Waals surface area contributed by atoms with Crippen molar-refractivity contribution in [2.45, 2.75) is 0 Å². The van der Waals surface area contributed by atoms with Crippen LogP contribution < -0.4 is 9.97 Å². The van der Waals surface area contributed by atoms with E-state index in [9.17, 15) is 17.6 Å². The van der Waals surface area contributed by atoms with Crippen LogP contribution in [0.2, 0.25) is 0 Å². The molecule has 2 aliphatic heterocycles. The SMILES string of the molecule is Fc1cc(F)c2c(c1)-c1nc-2nc2[n-]c(nc3nc(nc4[n-]c(n1)c1c(F)cc(F)cc41)-c1c(F)cc(F)cc1-3)c1c(F)cc(F)cc21.[Cu+2]. The molecular weight excluding hydrogens is 712 g/mol. The van der Waals surface area contributed by atoms with Gasteiger partial charge in [0, 0.05) is 90.7 Å². The van der Waals surface area contributed by atoms with Gasteiger partial charge in [-0.05, 0) is 24.3 Å². The molecule has 0 saturated heterocycles. The van der Waals surface area contributed by atoms with Crippen molar-refractivity contribution in [3.8, 4) is 45.6 Å². The Morgan fingerprint density at radius 3 is 1.12 bits per heavy atom. The number of hydrogen-bond donors (Lipinski definition) is 0. The van der Waals surface area contributed by atoms with Crippen molar-refractivity contribution in [2.75, 3.05) is 0 Å². The largest absolute Gasteiger partial charge is 2.00 e. The number of aromatic nitrogens is 8. The molecule has 7 aromatic rings. The molecule has 1 radical (unpaired) electrons. The zero-order valence-electron chi connectivity index (χ0n) is 23.5. The number of rotatable bonds is 0. The van der Waals surface area contributed by atoms with Gasteiger partial charge < -0.3 is 29.9 Å². The van der Waals surface area contributed by atoms with Crippen LogP contribution in [0.1, 0.15) is 0 Å². The van der Waals surface area contributed by atoms with Crippen LogP contribution in [0.4, 0.5) is 35.1 Å². The zero-order valence-corrected chi connectivity index (χ0v) is 24.5. The smallest absolute Gasteiger partial charge is 0.357 e. The van der Waals surface area contributed by atoms with Crippen LogP contribution in [0.3, 0.4) is 0 Å². The summed E-state index contributed by atoms with van der Waals surface area (Å²) in [5.41, 5.74) is -3.00. The predicted octanol–water partition coefficient (Wildman–Crippen LogP) is 7.24. The second-order valence-electron chi connectivity index (χ2n) is 10.7. The molecule has 0 amide bonds. The minimum absolute atomic E-state index is 0. The summed E-state index contributed by atoms with van der Waals surface area (Å²) in [6.45, 7) is 0. The van der Waals surface area contributed by atoms with Crippen molar-refractivity contribution in [2.24, 2.45) is 0 Å². The van der Waals surface area contributed by atoms with E-state index in [0.717, 1.165) is 24.3 Å². The van der Waals surface area contributed by atoms with Gasteiger partial charge in [-0.2, -0.15) is 0 Å². The van der Waals surface area contributed by atoms with Gasteiger partial charge in [0.2, 0.25) is 0 Å². The monoisotopic (exact) mass is 719 g/mol. The first-order valence-corrected chi connectivity index (χ1v) is 13.7. The Morgan fingerprint density at radius 2 is 0.714 bits per heavy atom. The third-order valence-electron chi connectivity index (χ3n) is 7.77. The van der Waals surface area contributed by atoms with Crippen molar-refractivity contribution in [1.82, 2.24) is 39.9 Å². The maximum atomic E-state index is 15.3. The molecule has 0 spiro atoms. The van der Waals surface area contributed by atoms with Crippen LogP contribution in [0.15, 0.2) is 48.5 Å². The normalized spacial score (nSPS) is 11.9. The van der Waals surface area contributed by atoms with Crippen LogP contribution in [0, 0.1) is 46.5 Å². The minimum Gasteiger partial charge on any atom is -0.357 e. The molecule has 0 saturated carbocycles. The van der Waals surface area contributed by atoms with Crippen LogP contribution in [-0.4, -0.2) is 29.9 Å². The minimum atomic E-state index is -1.14. The van der Waals surface area contributed by atoms with Gasteiger partial charge in [-0.15, -0.1) is 0 Å². The zero-order chi connectivity index (χ0) is 33.2. The van der Waals surface area contributed by atoms with E-state index in [0.29, 0.717) is 24.3 Å². The summed E-state index contributed by atoms with van der Waals surface area (Å²) in [6.07, 6.45) is 0. The van der Waals surface area contributed by atoms with Gasteiger partial charge in [0.25, 0.3) is 0 Å². The maximum Gasteiger partial charge on any atom is 2.00 e. The summed E-state index contributed by atoms with van der Waals surface area (Å²) < 4.78 is 119. The Bertz CT molecular complexity index is 2610. The molecule has 0 aliphatic carbocycles. The van der Waals surface area contributed by atoms with Crippen LogP contribution in [-0.2, 0) is 17.1 Å². The van der Waals surface area contributed by atoms with Gasteiger partial charge in [0.15, 0.2) is 0 Å². The van der Waals surface area contributed by atoms with Crippen LogP contribution in [0.25, 0.3) is 89.7 Å². The van der Waals surface area contributed by atoms with Gasteiger partial charge in [-0.1, -0.05) is 0 Å². The molecule has 243 valence electrons. The molecule has 8 bridgehead atoms. The molecule has 2 aliphatic rings. The Hall–Kier alpha value is -5.80. The van der Waals surface area contributed by atoms with Crippen molar-refractivity contribution in [1.29, 1.82) is 0 Å². The molecule has 17 heteroatoms. The van der Waals surface area contributed by atoms with Crippen molar-refractivity contribution < 1.29 is 52.2 Å². The van der Waals surface area contributed by atoms with Crippen LogP contribution in [0.5, 0.6) is 0 Å². The molecule has 5 heterocycles. The molecule has 4 aromatic carbocycles. The van der Waals surface area contributed by atoms with Gasteiger partial charge in [0.1, 0.15) is 46.5 Å². The fourth-order valence-electron chi connectivity index (χ4n) is 5.84. The van der Waals surface area contributed by atoms with Gasteiger partial charge in [0.05, 0.1) is 23.3 Å². The third-order valence-corrected chi connectivity index (χ3v) is 7.77. The average Bonchev–Trinajstić information content (AvgIpc) is 3.72. The van der Waals surface area contributed by atoms with E-state index in [2.05, 4.69) is 39.9 Å². The maximum absolute atomic E-state index is 15.3. The molecule has 49 heavy (non-hydrogen) atoms. The molecule has 0 atom stereocenters. The molecule has 0 N–H and O–H groups in total. The fourth-order valence-corrected chi connectivity index (χ4v) is 5.84. The predicted molar refractivity (Wildman–Crippen MR) is 154 cm³/mol. The fraction of sp³-hybridized carbons (Fsp3) is 0. The topological polar surface area (TPSA) is 106 Å². The van der Waals surface area contributed by atoms with E-state index in [1.165, 1.54) is 0 Å². The Labute approximate surface area is 276 Å². The second-order valence-corrected chi connectivity index (χ2v) is 10.7. The number of hydrogen-bond acceptors (Lipinski definition) is 6. The van der Waals surface area contributed by atoms with E-state index in [1.807, 2.05) is 0 Å². The first kappa shape index (κ1) is 30.5. The standard InChI is InChI=1S/C32H8F8N8.Cu/c33-9-1-13-21(17(37)5-9)29-41-25(13)45-30-22-14(2-10(34)6-18(22)38)27(42-30)47-32-24-16(4-12(36)8-20(24)40)28(44-32)48-31-23-15(26(43-31)46-29)3-11(35)7-19(23)39;/h1-8H;/q-2;+2. The number of fused-ring (bicyclic) bond motifs is 20. The molecule has 0 unspecified atom stereocenters. The molecule has 0 fully saturated rings. The second kappa shape index (κ2) is 10.6. The van der Waals surface area contributed by atoms with E-state index < -0.39 is 92.4 Å². The summed E-state index contributed by atoms with van der Waals surface area (Å²) in [6, 6.07) is 5.69. The summed E-state index contributed by atoms with van der Waals surface area (Å²) in [5, 5.41) is -1.25. The van der Waals surface area contributed by atoms with E-state index in [-0.39, 0.29) is 60.9 Å².